The lowest BCUT2D eigenvalue weighted by molar-refractivity contribution is 0.0227. The Morgan fingerprint density at radius 3 is 2.60 bits per heavy atom. The summed E-state index contributed by atoms with van der Waals surface area (Å²) in [7, 11) is 0. The first-order valence-corrected chi connectivity index (χ1v) is 7.19. The molecule has 1 saturated heterocycles. The Bertz CT molecular complexity index is 462. The average Bonchev–Trinajstić information content (AvgIpc) is 2.78. The van der Waals surface area contributed by atoms with Crippen LogP contribution in [0.5, 0.6) is 0 Å². The van der Waals surface area contributed by atoms with E-state index in [1.807, 2.05) is 49.9 Å². The van der Waals surface area contributed by atoms with Gasteiger partial charge in [-0.25, -0.2) is 4.79 Å². The number of carbonyl (C=O) groups is 1. The molecule has 110 valence electrons. The SMILES string of the molecule is CC(C)(C)OC(=O)N1CCCC1Cc1ccc(N)cc1. The van der Waals surface area contributed by atoms with Crippen molar-refractivity contribution in [3.8, 4) is 0 Å². The lowest BCUT2D eigenvalue weighted by atomic mass is 10.0. The molecule has 0 saturated carbocycles. The number of ether oxygens (including phenoxy) is 1. The molecule has 1 aromatic carbocycles. The minimum absolute atomic E-state index is 0.199. The van der Waals surface area contributed by atoms with Crippen LogP contribution in [0, 0.1) is 0 Å². The van der Waals surface area contributed by atoms with Crippen LogP contribution in [0.3, 0.4) is 0 Å². The highest BCUT2D eigenvalue weighted by molar-refractivity contribution is 5.69. The Kier molecular flexibility index (Phi) is 4.21. The number of hydrogen-bond donors (Lipinski definition) is 1. The van der Waals surface area contributed by atoms with Gasteiger partial charge in [0.1, 0.15) is 5.60 Å². The number of anilines is 1. The maximum Gasteiger partial charge on any atom is 0.410 e. The predicted octanol–water partition coefficient (Wildman–Crippen LogP) is 3.21. The Morgan fingerprint density at radius 2 is 2.00 bits per heavy atom. The van der Waals surface area contributed by atoms with E-state index in [1.165, 1.54) is 5.56 Å². The molecule has 0 spiro atoms. The first kappa shape index (κ1) is 14.7. The first-order chi connectivity index (χ1) is 9.35. The highest BCUT2D eigenvalue weighted by atomic mass is 16.6. The molecule has 1 fully saturated rings. The van der Waals surface area contributed by atoms with E-state index < -0.39 is 5.60 Å². The molecular weight excluding hydrogens is 252 g/mol. The zero-order chi connectivity index (χ0) is 14.8. The normalized spacial score (nSPS) is 19.1. The molecule has 0 aliphatic carbocycles. The topological polar surface area (TPSA) is 55.6 Å². The van der Waals surface area contributed by atoms with Crippen molar-refractivity contribution in [1.29, 1.82) is 0 Å². The third-order valence-corrected chi connectivity index (χ3v) is 3.46. The molecule has 1 aliphatic rings. The van der Waals surface area contributed by atoms with Crippen LogP contribution in [0.25, 0.3) is 0 Å². The van der Waals surface area contributed by atoms with Crippen LogP contribution in [-0.2, 0) is 11.2 Å². The summed E-state index contributed by atoms with van der Waals surface area (Å²) in [6.45, 7) is 6.48. The molecule has 2 N–H and O–H groups in total. The summed E-state index contributed by atoms with van der Waals surface area (Å²) in [5.74, 6) is 0. The van der Waals surface area contributed by atoms with Crippen LogP contribution >= 0.6 is 0 Å². The maximum atomic E-state index is 12.2. The fraction of sp³-hybridized carbons (Fsp3) is 0.562. The fourth-order valence-corrected chi connectivity index (χ4v) is 2.53. The number of hydrogen-bond acceptors (Lipinski definition) is 3. The van der Waals surface area contributed by atoms with E-state index in [0.29, 0.717) is 0 Å². The second-order valence-electron chi connectivity index (χ2n) is 6.42. The van der Waals surface area contributed by atoms with E-state index >= 15 is 0 Å². The van der Waals surface area contributed by atoms with Crippen LogP contribution in [0.2, 0.25) is 0 Å². The van der Waals surface area contributed by atoms with Crippen LogP contribution < -0.4 is 5.73 Å². The first-order valence-electron chi connectivity index (χ1n) is 7.19. The van der Waals surface area contributed by atoms with Gasteiger partial charge in [-0.15, -0.1) is 0 Å². The number of nitrogens with zero attached hydrogens (tertiary/aromatic N) is 1. The quantitative estimate of drug-likeness (QED) is 0.844. The highest BCUT2D eigenvalue weighted by Crippen LogP contribution is 2.24. The third kappa shape index (κ3) is 3.89. The largest absolute Gasteiger partial charge is 0.444 e. The summed E-state index contributed by atoms with van der Waals surface area (Å²) in [6.07, 6.45) is 2.73. The van der Waals surface area contributed by atoms with Gasteiger partial charge in [-0.2, -0.15) is 0 Å². The van der Waals surface area contributed by atoms with E-state index in [0.717, 1.165) is 31.5 Å². The summed E-state index contributed by atoms with van der Waals surface area (Å²) >= 11 is 0. The number of benzene rings is 1. The minimum atomic E-state index is -0.439. The second-order valence-corrected chi connectivity index (χ2v) is 6.42. The Hall–Kier alpha value is -1.71. The van der Waals surface area contributed by atoms with Gasteiger partial charge in [-0.05, 0) is 57.7 Å². The molecule has 2 rings (SSSR count). The number of amides is 1. The molecule has 1 amide bonds. The molecule has 1 heterocycles. The smallest absolute Gasteiger partial charge is 0.410 e. The molecule has 1 aliphatic heterocycles. The van der Waals surface area contributed by atoms with Gasteiger partial charge in [0.2, 0.25) is 0 Å². The number of rotatable bonds is 2. The van der Waals surface area contributed by atoms with Gasteiger partial charge >= 0.3 is 6.09 Å². The van der Waals surface area contributed by atoms with Crippen molar-refractivity contribution >= 4 is 11.8 Å². The summed E-state index contributed by atoms with van der Waals surface area (Å²) in [5.41, 5.74) is 7.23. The van der Waals surface area contributed by atoms with Crippen molar-refractivity contribution in [3.05, 3.63) is 29.8 Å². The summed E-state index contributed by atoms with van der Waals surface area (Å²) in [4.78, 5) is 14.1. The van der Waals surface area contributed by atoms with E-state index in [1.54, 1.807) is 0 Å². The molecule has 4 nitrogen and oxygen atoms in total. The van der Waals surface area contributed by atoms with Crippen LogP contribution in [0.4, 0.5) is 10.5 Å². The standard InChI is InChI=1S/C16H24N2O2/c1-16(2,3)20-15(19)18-10-4-5-14(18)11-12-6-8-13(17)9-7-12/h6-9,14H,4-5,10-11,17H2,1-3H3. The van der Waals surface area contributed by atoms with Crippen molar-refractivity contribution in [2.24, 2.45) is 0 Å². The van der Waals surface area contributed by atoms with Crippen LogP contribution in [0.15, 0.2) is 24.3 Å². The number of likely N-dealkylation sites (tertiary alicyclic amines) is 1. The van der Waals surface area contributed by atoms with E-state index in [4.69, 9.17) is 10.5 Å². The van der Waals surface area contributed by atoms with Crippen molar-refractivity contribution in [2.75, 3.05) is 12.3 Å². The molecule has 0 radical (unpaired) electrons. The third-order valence-electron chi connectivity index (χ3n) is 3.46. The molecule has 1 unspecified atom stereocenters. The van der Waals surface area contributed by atoms with Crippen molar-refractivity contribution in [3.63, 3.8) is 0 Å². The van der Waals surface area contributed by atoms with Gasteiger partial charge in [-0.1, -0.05) is 12.1 Å². The van der Waals surface area contributed by atoms with Gasteiger partial charge in [0.25, 0.3) is 0 Å². The zero-order valence-electron chi connectivity index (χ0n) is 12.6. The van der Waals surface area contributed by atoms with Gasteiger partial charge in [0.05, 0.1) is 0 Å². The second kappa shape index (κ2) is 5.73. The molecular formula is C16H24N2O2. The Morgan fingerprint density at radius 1 is 1.35 bits per heavy atom. The zero-order valence-corrected chi connectivity index (χ0v) is 12.6. The Balaban J connectivity index is 2.00. The Labute approximate surface area is 120 Å². The summed E-state index contributed by atoms with van der Waals surface area (Å²) in [6, 6.07) is 8.10. The fourth-order valence-electron chi connectivity index (χ4n) is 2.53. The van der Waals surface area contributed by atoms with Crippen molar-refractivity contribution < 1.29 is 9.53 Å². The predicted molar refractivity (Wildman–Crippen MR) is 80.5 cm³/mol. The number of carbonyl (C=O) groups excluding carboxylic acids is 1. The van der Waals surface area contributed by atoms with E-state index in [9.17, 15) is 4.79 Å². The summed E-state index contributed by atoms with van der Waals surface area (Å²) < 4.78 is 5.48. The highest BCUT2D eigenvalue weighted by Gasteiger charge is 2.31. The van der Waals surface area contributed by atoms with Gasteiger partial charge in [-0.3, -0.25) is 0 Å². The molecule has 1 aromatic rings. The molecule has 1 atom stereocenters. The van der Waals surface area contributed by atoms with Crippen molar-refractivity contribution in [1.82, 2.24) is 4.90 Å². The molecule has 0 aromatic heterocycles. The van der Waals surface area contributed by atoms with Gasteiger partial charge in [0.15, 0.2) is 0 Å². The summed E-state index contributed by atoms with van der Waals surface area (Å²) in [5, 5.41) is 0. The number of nitrogens with two attached hydrogens (primary N) is 1. The minimum Gasteiger partial charge on any atom is -0.444 e. The monoisotopic (exact) mass is 276 g/mol. The van der Waals surface area contributed by atoms with Gasteiger partial charge in [0, 0.05) is 18.3 Å². The van der Waals surface area contributed by atoms with Crippen LogP contribution in [0.1, 0.15) is 39.2 Å². The lowest BCUT2D eigenvalue weighted by Gasteiger charge is -2.28. The average molecular weight is 276 g/mol. The van der Waals surface area contributed by atoms with Gasteiger partial charge < -0.3 is 15.4 Å². The molecule has 0 bridgehead atoms. The molecule has 4 heteroatoms. The lowest BCUT2D eigenvalue weighted by Crippen LogP contribution is -2.40. The number of nitrogen functional groups attached to an aromatic ring is 1. The van der Waals surface area contributed by atoms with Crippen LogP contribution in [-0.4, -0.2) is 29.2 Å². The van der Waals surface area contributed by atoms with E-state index in [-0.39, 0.29) is 12.1 Å². The van der Waals surface area contributed by atoms with E-state index in [2.05, 4.69) is 0 Å². The molecule has 20 heavy (non-hydrogen) atoms. The maximum absolute atomic E-state index is 12.2. The van der Waals surface area contributed by atoms with Crippen molar-refractivity contribution in [2.45, 2.75) is 51.7 Å².